The number of carbonyl (C=O) groups excluding carboxylic acids is 2. The van der Waals surface area contributed by atoms with Crippen molar-refractivity contribution in [3.05, 3.63) is 34.9 Å². The van der Waals surface area contributed by atoms with E-state index in [0.717, 1.165) is 17.4 Å². The van der Waals surface area contributed by atoms with Crippen LogP contribution in [0.2, 0.25) is 5.02 Å². The Bertz CT molecular complexity index is 675. The molecule has 1 fully saturated rings. The number of halogens is 7. The third-order valence-corrected chi connectivity index (χ3v) is 3.92. The number of benzene rings is 1. The zero-order valence-corrected chi connectivity index (χ0v) is 13.1. The van der Waals surface area contributed by atoms with E-state index in [0.29, 0.717) is 0 Å². The fourth-order valence-corrected chi connectivity index (χ4v) is 2.74. The van der Waals surface area contributed by atoms with Gasteiger partial charge in [-0.2, -0.15) is 26.3 Å². The number of likely N-dealkylation sites (tertiary alicyclic amines) is 1. The molecule has 0 atom stereocenters. The Morgan fingerprint density at radius 2 is 1.72 bits per heavy atom. The normalized spacial score (nSPS) is 16.3. The third kappa shape index (κ3) is 3.39. The van der Waals surface area contributed by atoms with Gasteiger partial charge < -0.3 is 10.2 Å². The minimum absolute atomic E-state index is 0.0467. The lowest BCUT2D eigenvalue weighted by molar-refractivity contribution is -0.341. The summed E-state index contributed by atoms with van der Waals surface area (Å²) in [5, 5.41) is 0.937. The summed E-state index contributed by atoms with van der Waals surface area (Å²) in [5.74, 6) is -3.00. The first-order valence-electron chi connectivity index (χ1n) is 6.92. The van der Waals surface area contributed by atoms with Gasteiger partial charge in [0.15, 0.2) is 0 Å². The molecule has 0 aromatic heterocycles. The van der Waals surface area contributed by atoms with Crippen LogP contribution in [-0.4, -0.2) is 41.3 Å². The Kier molecular flexibility index (Phi) is 4.95. The van der Waals surface area contributed by atoms with Gasteiger partial charge in [-0.15, -0.1) is 0 Å². The van der Waals surface area contributed by atoms with Crippen LogP contribution in [0, 0.1) is 0 Å². The van der Waals surface area contributed by atoms with Crippen LogP contribution in [0.25, 0.3) is 0 Å². The average molecular weight is 389 g/mol. The number of nitrogens with zero attached hydrogens (tertiary/aromatic N) is 1. The molecule has 1 aliphatic rings. The van der Waals surface area contributed by atoms with Crippen molar-refractivity contribution in [2.45, 2.75) is 30.9 Å². The molecule has 1 N–H and O–H groups in total. The van der Waals surface area contributed by atoms with Crippen molar-refractivity contribution < 1.29 is 35.9 Å². The van der Waals surface area contributed by atoms with Gasteiger partial charge in [0.1, 0.15) is 0 Å². The second-order valence-corrected chi connectivity index (χ2v) is 5.76. The van der Waals surface area contributed by atoms with Crippen molar-refractivity contribution in [3.63, 3.8) is 0 Å². The van der Waals surface area contributed by atoms with E-state index in [4.69, 9.17) is 11.6 Å². The fraction of sp³-hybridized carbons (Fsp3) is 0.429. The number of nitrogens with one attached hydrogen (secondary N) is 1. The lowest BCUT2D eigenvalue weighted by atomic mass is 10.1. The van der Waals surface area contributed by atoms with Crippen molar-refractivity contribution in [2.24, 2.45) is 0 Å². The highest BCUT2D eigenvalue weighted by Gasteiger charge is 2.76. The van der Waals surface area contributed by atoms with E-state index in [2.05, 4.69) is 0 Å². The van der Waals surface area contributed by atoms with Crippen molar-refractivity contribution >= 4 is 23.4 Å². The summed E-state index contributed by atoms with van der Waals surface area (Å²) in [4.78, 5) is 23.3. The molecule has 0 aliphatic carbocycles. The molecule has 0 bridgehead atoms. The van der Waals surface area contributed by atoms with Gasteiger partial charge in [0, 0.05) is 23.6 Å². The van der Waals surface area contributed by atoms with Crippen LogP contribution in [0.4, 0.5) is 26.3 Å². The molecule has 0 spiro atoms. The average Bonchev–Trinajstić information content (AvgIpc) is 2.88. The SMILES string of the molecule is O=C(NC(N1CCCC1=O)(C(F)(F)F)C(F)(F)F)c1cccc(Cl)c1. The zero-order valence-electron chi connectivity index (χ0n) is 12.3. The van der Waals surface area contributed by atoms with Gasteiger partial charge in [0.2, 0.25) is 5.91 Å². The van der Waals surface area contributed by atoms with Gasteiger partial charge in [0.05, 0.1) is 0 Å². The van der Waals surface area contributed by atoms with Crippen LogP contribution in [0.3, 0.4) is 0 Å². The van der Waals surface area contributed by atoms with E-state index in [9.17, 15) is 35.9 Å². The van der Waals surface area contributed by atoms with Gasteiger partial charge >= 0.3 is 18.0 Å². The number of carbonyl (C=O) groups is 2. The molecule has 1 heterocycles. The maximum atomic E-state index is 13.5. The van der Waals surface area contributed by atoms with Gasteiger partial charge in [-0.1, -0.05) is 17.7 Å². The number of hydrogen-bond donors (Lipinski definition) is 1. The predicted molar refractivity (Wildman–Crippen MR) is 74.7 cm³/mol. The second-order valence-electron chi connectivity index (χ2n) is 5.32. The Balaban J connectivity index is 2.54. The summed E-state index contributed by atoms with van der Waals surface area (Å²) in [5.41, 5.74) is -5.32. The van der Waals surface area contributed by atoms with Crippen molar-refractivity contribution in [2.75, 3.05) is 6.54 Å². The minimum atomic E-state index is -5.99. The monoisotopic (exact) mass is 388 g/mol. The number of rotatable bonds is 3. The molecule has 1 saturated heterocycles. The number of hydrogen-bond acceptors (Lipinski definition) is 2. The van der Waals surface area contributed by atoms with E-state index in [-0.39, 0.29) is 16.3 Å². The standard InChI is InChI=1S/C14H11ClF6N2O2/c15-9-4-1-3-8(7-9)11(25)22-12(13(16,17)18,14(19,20)21)23-6-2-5-10(23)24/h1,3-4,7H,2,5-6H2,(H,22,25). The predicted octanol–water partition coefficient (Wildman–Crippen LogP) is 3.51. The molecule has 25 heavy (non-hydrogen) atoms. The smallest absolute Gasteiger partial charge is 0.314 e. The summed E-state index contributed by atoms with van der Waals surface area (Å²) in [7, 11) is 0. The Morgan fingerprint density at radius 1 is 1.12 bits per heavy atom. The molecule has 11 heteroatoms. The first-order chi connectivity index (χ1) is 11.4. The molecule has 1 aliphatic heterocycles. The van der Waals surface area contributed by atoms with Gasteiger partial charge in [0.25, 0.3) is 5.91 Å². The highest BCUT2D eigenvalue weighted by atomic mass is 35.5. The van der Waals surface area contributed by atoms with E-state index in [1.54, 1.807) is 0 Å². The zero-order chi connectivity index (χ0) is 19.0. The molecule has 4 nitrogen and oxygen atoms in total. The lowest BCUT2D eigenvalue weighted by Gasteiger charge is -2.43. The largest absolute Gasteiger partial charge is 0.440 e. The maximum Gasteiger partial charge on any atom is 0.440 e. The van der Waals surface area contributed by atoms with E-state index >= 15 is 0 Å². The van der Waals surface area contributed by atoms with Crippen LogP contribution in [0.15, 0.2) is 24.3 Å². The minimum Gasteiger partial charge on any atom is -0.314 e. The van der Waals surface area contributed by atoms with Gasteiger partial charge in [-0.3, -0.25) is 9.59 Å². The van der Waals surface area contributed by atoms with Gasteiger partial charge in [-0.05, 0) is 24.6 Å². The first-order valence-corrected chi connectivity index (χ1v) is 7.30. The van der Waals surface area contributed by atoms with Crippen LogP contribution in [0.1, 0.15) is 23.2 Å². The molecule has 0 radical (unpaired) electrons. The molecule has 2 amide bonds. The second kappa shape index (κ2) is 6.40. The van der Waals surface area contributed by atoms with E-state index < -0.39 is 48.4 Å². The van der Waals surface area contributed by atoms with E-state index in [1.807, 2.05) is 0 Å². The molecule has 2 rings (SSSR count). The first kappa shape index (κ1) is 19.4. The molecule has 1 aromatic rings. The van der Waals surface area contributed by atoms with Gasteiger partial charge in [-0.25, -0.2) is 0 Å². The maximum absolute atomic E-state index is 13.5. The highest BCUT2D eigenvalue weighted by molar-refractivity contribution is 6.30. The molecule has 1 aromatic carbocycles. The molecule has 0 unspecified atom stereocenters. The topological polar surface area (TPSA) is 49.4 Å². The molecule has 0 saturated carbocycles. The third-order valence-electron chi connectivity index (χ3n) is 3.68. The Hall–Kier alpha value is -1.97. The fourth-order valence-electron chi connectivity index (χ4n) is 2.54. The van der Waals surface area contributed by atoms with Crippen molar-refractivity contribution in [1.29, 1.82) is 0 Å². The quantitative estimate of drug-likeness (QED) is 0.806. The molecular weight excluding hydrogens is 378 g/mol. The summed E-state index contributed by atoms with van der Waals surface area (Å²) < 4.78 is 81.0. The van der Waals surface area contributed by atoms with Crippen LogP contribution in [-0.2, 0) is 4.79 Å². The number of alkyl halides is 6. The Morgan fingerprint density at radius 3 is 2.16 bits per heavy atom. The van der Waals surface area contributed by atoms with Crippen LogP contribution in [0.5, 0.6) is 0 Å². The molecule has 138 valence electrons. The summed E-state index contributed by atoms with van der Waals surface area (Å²) in [6.45, 7) is -0.784. The summed E-state index contributed by atoms with van der Waals surface area (Å²) in [6, 6.07) is 4.41. The molecular formula is C14H11ClF6N2O2. The van der Waals surface area contributed by atoms with Crippen LogP contribution >= 0.6 is 11.6 Å². The summed E-state index contributed by atoms with van der Waals surface area (Å²) in [6.07, 6.45) is -12.6. The highest BCUT2D eigenvalue weighted by Crippen LogP contribution is 2.47. The van der Waals surface area contributed by atoms with E-state index in [1.165, 1.54) is 12.1 Å². The Labute approximate surface area is 142 Å². The lowest BCUT2D eigenvalue weighted by Crippen LogP contribution is -2.76. The summed E-state index contributed by atoms with van der Waals surface area (Å²) >= 11 is 5.60. The van der Waals surface area contributed by atoms with Crippen LogP contribution < -0.4 is 5.32 Å². The van der Waals surface area contributed by atoms with Crippen molar-refractivity contribution in [3.8, 4) is 0 Å². The number of amides is 2. The van der Waals surface area contributed by atoms with Crippen molar-refractivity contribution in [1.82, 2.24) is 10.2 Å².